The average molecular weight is 458 g/mol. The Morgan fingerprint density at radius 1 is 1.06 bits per heavy atom. The van der Waals surface area contributed by atoms with Crippen LogP contribution in [0.2, 0.25) is 0 Å². The molecule has 1 amide bonds. The molecule has 2 aromatic heterocycles. The van der Waals surface area contributed by atoms with Crippen molar-refractivity contribution in [2.45, 2.75) is 13.1 Å². The molecule has 0 spiro atoms. The van der Waals surface area contributed by atoms with Crippen molar-refractivity contribution in [1.82, 2.24) is 19.3 Å². The van der Waals surface area contributed by atoms with Crippen molar-refractivity contribution < 1.29 is 22.4 Å². The molecule has 0 aliphatic carbocycles. The first kappa shape index (κ1) is 22.1. The van der Waals surface area contributed by atoms with E-state index in [-0.39, 0.29) is 22.8 Å². The van der Waals surface area contributed by atoms with E-state index >= 15 is 0 Å². The first-order valence-corrected chi connectivity index (χ1v) is 9.74. The highest BCUT2D eigenvalue weighted by atomic mass is 19.4. The number of hydrogen-bond acceptors (Lipinski definition) is 4. The van der Waals surface area contributed by atoms with E-state index in [9.17, 15) is 22.4 Å². The number of aromatic nitrogens is 4. The summed E-state index contributed by atoms with van der Waals surface area (Å²) >= 11 is 0. The zero-order valence-corrected chi connectivity index (χ0v) is 17.5. The molecule has 170 valence electrons. The van der Waals surface area contributed by atoms with E-state index in [0.29, 0.717) is 17.6 Å². The van der Waals surface area contributed by atoms with Gasteiger partial charge in [-0.05, 0) is 43.3 Å². The molecule has 0 bridgehead atoms. The number of aryl methyl sites for hydroxylation is 1. The molecule has 0 unspecified atom stereocenters. The fourth-order valence-electron chi connectivity index (χ4n) is 3.28. The summed E-state index contributed by atoms with van der Waals surface area (Å²) in [6, 6.07) is 11.0. The van der Waals surface area contributed by atoms with Gasteiger partial charge in [-0.1, -0.05) is 6.07 Å². The summed E-state index contributed by atoms with van der Waals surface area (Å²) in [7, 11) is 1.65. The first-order chi connectivity index (χ1) is 15.7. The molecule has 2 aromatic carbocycles. The Bertz CT molecular complexity index is 1320. The second kappa shape index (κ2) is 8.41. The van der Waals surface area contributed by atoms with Crippen molar-refractivity contribution in [1.29, 1.82) is 0 Å². The minimum absolute atomic E-state index is 0.0734. The van der Waals surface area contributed by atoms with Crippen molar-refractivity contribution in [3.05, 3.63) is 84.0 Å². The van der Waals surface area contributed by atoms with Gasteiger partial charge < -0.3 is 15.2 Å². The molecule has 0 radical (unpaired) electrons. The Kier molecular flexibility index (Phi) is 5.62. The predicted octanol–water partition coefficient (Wildman–Crippen LogP) is 4.82. The summed E-state index contributed by atoms with van der Waals surface area (Å²) in [6.07, 6.45) is -1.65. The average Bonchev–Trinajstić information content (AvgIpc) is 3.41. The van der Waals surface area contributed by atoms with Gasteiger partial charge in [0.15, 0.2) is 5.69 Å². The third-order valence-electron chi connectivity index (χ3n) is 4.90. The second-order valence-corrected chi connectivity index (χ2v) is 7.09. The number of nitrogens with zero attached hydrogens (tertiary/aromatic N) is 4. The number of benzene rings is 2. The maximum absolute atomic E-state index is 14.7. The van der Waals surface area contributed by atoms with Crippen LogP contribution < -0.4 is 10.6 Å². The zero-order valence-electron chi connectivity index (χ0n) is 17.5. The molecule has 4 aromatic rings. The highest BCUT2D eigenvalue weighted by molar-refractivity contribution is 6.03. The summed E-state index contributed by atoms with van der Waals surface area (Å²) in [5, 5.41) is 8.90. The molecule has 0 saturated heterocycles. The number of alkyl halides is 3. The van der Waals surface area contributed by atoms with Crippen LogP contribution in [-0.4, -0.2) is 32.3 Å². The molecular formula is C22H18F4N6O. The van der Waals surface area contributed by atoms with Crippen LogP contribution in [0.1, 0.15) is 22.0 Å². The van der Waals surface area contributed by atoms with Crippen LogP contribution in [0.3, 0.4) is 0 Å². The summed E-state index contributed by atoms with van der Waals surface area (Å²) in [5.74, 6) is -0.947. The van der Waals surface area contributed by atoms with Gasteiger partial charge in [0.1, 0.15) is 17.3 Å². The zero-order chi connectivity index (χ0) is 23.8. The lowest BCUT2D eigenvalue weighted by molar-refractivity contribution is -0.141. The van der Waals surface area contributed by atoms with Crippen LogP contribution in [0.25, 0.3) is 11.4 Å². The van der Waals surface area contributed by atoms with Crippen LogP contribution in [0.15, 0.2) is 60.9 Å². The van der Waals surface area contributed by atoms with E-state index in [1.165, 1.54) is 29.0 Å². The number of rotatable bonds is 5. The van der Waals surface area contributed by atoms with Gasteiger partial charge in [0.2, 0.25) is 0 Å². The van der Waals surface area contributed by atoms with Crippen molar-refractivity contribution in [2.24, 2.45) is 0 Å². The van der Waals surface area contributed by atoms with E-state index in [1.807, 2.05) is 0 Å². The molecule has 7 nitrogen and oxygen atoms in total. The SMILES string of the molecule is CNc1cccc(-n2nc(C(F)(F)F)cc2C(=O)Nc2ccc(-n3ccnc3C)c(F)c2)c1. The van der Waals surface area contributed by atoms with Crippen LogP contribution in [0.4, 0.5) is 28.9 Å². The maximum Gasteiger partial charge on any atom is 0.435 e. The van der Waals surface area contributed by atoms with Crippen molar-refractivity contribution >= 4 is 17.3 Å². The number of halogens is 4. The van der Waals surface area contributed by atoms with Gasteiger partial charge in [0, 0.05) is 36.9 Å². The summed E-state index contributed by atoms with van der Waals surface area (Å²) in [6.45, 7) is 1.71. The molecule has 2 N–H and O–H groups in total. The van der Waals surface area contributed by atoms with Crippen LogP contribution in [0, 0.1) is 12.7 Å². The van der Waals surface area contributed by atoms with Gasteiger partial charge in [-0.2, -0.15) is 18.3 Å². The molecule has 2 heterocycles. The molecule has 11 heteroatoms. The minimum atomic E-state index is -4.75. The van der Waals surface area contributed by atoms with Crippen molar-refractivity contribution in [2.75, 3.05) is 17.7 Å². The largest absolute Gasteiger partial charge is 0.435 e. The van der Waals surface area contributed by atoms with Crippen molar-refractivity contribution in [3.8, 4) is 11.4 Å². The van der Waals surface area contributed by atoms with Crippen LogP contribution in [-0.2, 0) is 6.18 Å². The number of carbonyl (C=O) groups is 1. The topological polar surface area (TPSA) is 76.8 Å². The number of carbonyl (C=O) groups excluding carboxylic acids is 1. The van der Waals surface area contributed by atoms with Crippen LogP contribution >= 0.6 is 0 Å². The Balaban J connectivity index is 1.68. The van der Waals surface area contributed by atoms with E-state index in [4.69, 9.17) is 0 Å². The third kappa shape index (κ3) is 4.43. The maximum atomic E-state index is 14.7. The van der Waals surface area contributed by atoms with Gasteiger partial charge in [-0.3, -0.25) is 4.79 Å². The molecule has 0 aliphatic heterocycles. The smallest absolute Gasteiger partial charge is 0.388 e. The van der Waals surface area contributed by atoms with Crippen LogP contribution in [0.5, 0.6) is 0 Å². The number of amides is 1. The fraction of sp³-hybridized carbons (Fsp3) is 0.136. The first-order valence-electron chi connectivity index (χ1n) is 9.74. The Morgan fingerprint density at radius 3 is 2.48 bits per heavy atom. The molecular weight excluding hydrogens is 440 g/mol. The van der Waals surface area contributed by atoms with Crippen molar-refractivity contribution in [3.63, 3.8) is 0 Å². The van der Waals surface area contributed by atoms with E-state index in [1.54, 1.807) is 38.4 Å². The Labute approximate surface area is 185 Å². The number of imidazole rings is 1. The van der Waals surface area contributed by atoms with Gasteiger partial charge >= 0.3 is 6.18 Å². The minimum Gasteiger partial charge on any atom is -0.388 e. The molecule has 4 rings (SSSR count). The van der Waals surface area contributed by atoms with Gasteiger partial charge in [-0.25, -0.2) is 14.1 Å². The molecule has 33 heavy (non-hydrogen) atoms. The highest BCUT2D eigenvalue weighted by Gasteiger charge is 2.36. The lowest BCUT2D eigenvalue weighted by Gasteiger charge is -2.11. The van der Waals surface area contributed by atoms with Gasteiger partial charge in [0.05, 0.1) is 11.4 Å². The van der Waals surface area contributed by atoms with E-state index in [0.717, 1.165) is 10.7 Å². The van der Waals surface area contributed by atoms with Gasteiger partial charge in [-0.15, -0.1) is 0 Å². The standard InChI is InChI=1S/C22H18F4N6O/c1-13-28-8-9-31(13)18-7-6-15(11-17(18)23)29-21(33)19-12-20(22(24,25)26)30-32(19)16-5-3-4-14(10-16)27-2/h3-12,27H,1-2H3,(H,29,33). The Hall–Kier alpha value is -4.15. The van der Waals surface area contributed by atoms with E-state index in [2.05, 4.69) is 20.7 Å². The lowest BCUT2D eigenvalue weighted by Crippen LogP contribution is -2.17. The lowest BCUT2D eigenvalue weighted by atomic mass is 10.2. The number of anilines is 2. The molecule has 0 fully saturated rings. The third-order valence-corrected chi connectivity index (χ3v) is 4.90. The Morgan fingerprint density at radius 2 is 1.85 bits per heavy atom. The normalized spacial score (nSPS) is 11.5. The summed E-state index contributed by atoms with van der Waals surface area (Å²) in [5.41, 5.74) is -0.416. The predicted molar refractivity (Wildman–Crippen MR) is 114 cm³/mol. The van der Waals surface area contributed by atoms with Gasteiger partial charge in [0.25, 0.3) is 5.91 Å². The quantitative estimate of drug-likeness (QED) is 0.421. The summed E-state index contributed by atoms with van der Waals surface area (Å²) < 4.78 is 57.1. The summed E-state index contributed by atoms with van der Waals surface area (Å²) in [4.78, 5) is 16.9. The molecule has 0 aliphatic rings. The highest BCUT2D eigenvalue weighted by Crippen LogP contribution is 2.30. The number of hydrogen-bond donors (Lipinski definition) is 2. The number of nitrogens with one attached hydrogen (secondary N) is 2. The monoisotopic (exact) mass is 458 g/mol. The fourth-order valence-corrected chi connectivity index (χ4v) is 3.28. The van der Waals surface area contributed by atoms with E-state index < -0.39 is 23.6 Å². The second-order valence-electron chi connectivity index (χ2n) is 7.09. The molecule has 0 atom stereocenters. The molecule has 0 saturated carbocycles.